The molecule has 0 saturated heterocycles. The molecule has 0 bridgehead atoms. The van der Waals surface area contributed by atoms with Crippen LogP contribution in [0.4, 0.5) is 18.9 Å². The molecule has 3 rings (SSSR count). The second-order valence-corrected chi connectivity index (χ2v) is 7.18. The Morgan fingerprint density at radius 3 is 2.35 bits per heavy atom. The summed E-state index contributed by atoms with van der Waals surface area (Å²) in [5.74, 6) is 0.779. The van der Waals surface area contributed by atoms with Crippen LogP contribution in [0.5, 0.6) is 0 Å². The van der Waals surface area contributed by atoms with E-state index in [2.05, 4.69) is 20.5 Å². The number of sulfone groups is 1. The molecule has 0 amide bonds. The Kier molecular flexibility index (Phi) is 4.68. The molecule has 1 aromatic heterocycles. The van der Waals surface area contributed by atoms with Crippen LogP contribution in [0.2, 0.25) is 0 Å². The summed E-state index contributed by atoms with van der Waals surface area (Å²) in [5, 5.41) is 9.36. The highest BCUT2D eigenvalue weighted by Crippen LogP contribution is 2.34. The van der Waals surface area contributed by atoms with Crippen molar-refractivity contribution in [2.24, 2.45) is 0 Å². The molecule has 136 valence electrons. The molecule has 10 heteroatoms. The zero-order valence-electron chi connectivity index (χ0n) is 13.2. The van der Waals surface area contributed by atoms with Crippen LogP contribution in [-0.2, 0) is 16.4 Å². The van der Waals surface area contributed by atoms with Crippen molar-refractivity contribution in [2.45, 2.75) is 16.9 Å². The highest BCUT2D eigenvalue weighted by atomic mass is 32.2. The number of hydrogen-bond acceptors (Lipinski definition) is 5. The number of nitrogens with zero attached hydrogens (tertiary/aromatic N) is 2. The SMILES string of the molecule is O=S(=O)(c1ccccc1NCc1nc(-c2ccccc2)n[nH]1)C(F)(F)F. The van der Waals surface area contributed by atoms with Crippen LogP contribution in [0.3, 0.4) is 0 Å². The number of aromatic nitrogens is 3. The summed E-state index contributed by atoms with van der Waals surface area (Å²) in [6.45, 7) is -0.0236. The summed E-state index contributed by atoms with van der Waals surface area (Å²) in [5.41, 5.74) is -4.77. The number of aromatic amines is 1. The van der Waals surface area contributed by atoms with E-state index >= 15 is 0 Å². The lowest BCUT2D eigenvalue weighted by molar-refractivity contribution is -0.0435. The third-order valence-electron chi connectivity index (χ3n) is 3.49. The van der Waals surface area contributed by atoms with Gasteiger partial charge >= 0.3 is 5.51 Å². The van der Waals surface area contributed by atoms with Gasteiger partial charge in [-0.05, 0) is 12.1 Å². The van der Waals surface area contributed by atoms with Gasteiger partial charge in [0.1, 0.15) is 5.82 Å². The van der Waals surface area contributed by atoms with Crippen LogP contribution in [0.15, 0.2) is 59.5 Å². The molecule has 0 fully saturated rings. The number of para-hydroxylation sites is 1. The Morgan fingerprint density at radius 2 is 1.65 bits per heavy atom. The lowest BCUT2D eigenvalue weighted by Crippen LogP contribution is -2.24. The highest BCUT2D eigenvalue weighted by Gasteiger charge is 2.47. The molecule has 3 aromatic rings. The number of rotatable bonds is 5. The van der Waals surface area contributed by atoms with Crippen molar-refractivity contribution in [1.29, 1.82) is 0 Å². The first-order valence-corrected chi connectivity index (χ1v) is 8.88. The predicted molar refractivity (Wildman–Crippen MR) is 88.8 cm³/mol. The van der Waals surface area contributed by atoms with Gasteiger partial charge in [0.15, 0.2) is 5.82 Å². The average Bonchev–Trinajstić information content (AvgIpc) is 3.09. The number of benzene rings is 2. The van der Waals surface area contributed by atoms with Crippen molar-refractivity contribution < 1.29 is 21.6 Å². The van der Waals surface area contributed by atoms with Crippen LogP contribution >= 0.6 is 0 Å². The Morgan fingerprint density at radius 1 is 1.00 bits per heavy atom. The molecule has 0 atom stereocenters. The number of nitrogens with one attached hydrogen (secondary N) is 2. The fourth-order valence-electron chi connectivity index (χ4n) is 2.24. The van der Waals surface area contributed by atoms with Gasteiger partial charge in [-0.15, -0.1) is 0 Å². The van der Waals surface area contributed by atoms with Crippen LogP contribution in [0, 0.1) is 0 Å². The smallest absolute Gasteiger partial charge is 0.377 e. The molecule has 6 nitrogen and oxygen atoms in total. The van der Waals surface area contributed by atoms with Crippen LogP contribution in [0.1, 0.15) is 5.82 Å². The minimum absolute atomic E-state index is 0.0236. The van der Waals surface area contributed by atoms with Crippen molar-refractivity contribution in [3.05, 3.63) is 60.4 Å². The Labute approximate surface area is 147 Å². The monoisotopic (exact) mass is 382 g/mol. The van der Waals surface area contributed by atoms with Crippen LogP contribution < -0.4 is 5.32 Å². The summed E-state index contributed by atoms with van der Waals surface area (Å²) in [6, 6.07) is 13.9. The van der Waals surface area contributed by atoms with Gasteiger partial charge < -0.3 is 5.32 Å². The number of anilines is 1. The normalized spacial score (nSPS) is 12.1. The quantitative estimate of drug-likeness (QED) is 0.706. The maximum atomic E-state index is 12.8. The largest absolute Gasteiger partial charge is 0.501 e. The molecule has 0 spiro atoms. The van der Waals surface area contributed by atoms with E-state index in [0.717, 1.165) is 11.6 Å². The topological polar surface area (TPSA) is 87.7 Å². The number of alkyl halides is 3. The minimum Gasteiger partial charge on any atom is -0.377 e. The lowest BCUT2D eigenvalue weighted by atomic mass is 10.2. The third kappa shape index (κ3) is 3.54. The molecule has 2 N–H and O–H groups in total. The Balaban J connectivity index is 1.81. The summed E-state index contributed by atoms with van der Waals surface area (Å²) >= 11 is 0. The standard InChI is InChI=1S/C16H13F3N4O2S/c17-16(18,19)26(24,25)13-9-5-4-8-12(13)20-10-14-21-15(23-22-14)11-6-2-1-3-7-11/h1-9,20H,10H2,(H,21,22,23). The predicted octanol–water partition coefficient (Wildman–Crippen LogP) is 3.38. The Hall–Kier alpha value is -2.88. The zero-order valence-corrected chi connectivity index (χ0v) is 14.0. The van der Waals surface area contributed by atoms with Crippen molar-refractivity contribution in [3.8, 4) is 11.4 Å². The van der Waals surface area contributed by atoms with E-state index in [1.807, 2.05) is 30.3 Å². The molecule has 1 heterocycles. The van der Waals surface area contributed by atoms with E-state index in [9.17, 15) is 21.6 Å². The van der Waals surface area contributed by atoms with Gasteiger partial charge in [-0.25, -0.2) is 13.4 Å². The Bertz CT molecular complexity index is 1000. The van der Waals surface area contributed by atoms with E-state index < -0.39 is 20.2 Å². The first-order valence-electron chi connectivity index (χ1n) is 7.40. The maximum Gasteiger partial charge on any atom is 0.501 e. The molecule has 26 heavy (non-hydrogen) atoms. The molecule has 0 unspecified atom stereocenters. The minimum atomic E-state index is -5.46. The van der Waals surface area contributed by atoms with Gasteiger partial charge in [-0.2, -0.15) is 18.3 Å². The molecule has 0 aliphatic heterocycles. The second-order valence-electron chi connectivity index (χ2n) is 5.27. The summed E-state index contributed by atoms with van der Waals surface area (Å²) in [6.07, 6.45) is 0. The molecular formula is C16H13F3N4O2S. The fourth-order valence-corrected chi connectivity index (χ4v) is 3.18. The molecular weight excluding hydrogens is 369 g/mol. The van der Waals surface area contributed by atoms with E-state index in [4.69, 9.17) is 0 Å². The highest BCUT2D eigenvalue weighted by molar-refractivity contribution is 7.92. The van der Waals surface area contributed by atoms with Gasteiger partial charge in [0.25, 0.3) is 9.84 Å². The maximum absolute atomic E-state index is 12.8. The molecule has 2 aromatic carbocycles. The lowest BCUT2D eigenvalue weighted by Gasteiger charge is -2.13. The molecule has 0 radical (unpaired) electrons. The fraction of sp³-hybridized carbons (Fsp3) is 0.125. The summed E-state index contributed by atoms with van der Waals surface area (Å²) < 4.78 is 61.8. The third-order valence-corrected chi connectivity index (χ3v) is 5.04. The van der Waals surface area contributed by atoms with Crippen molar-refractivity contribution >= 4 is 15.5 Å². The summed E-state index contributed by atoms with van der Waals surface area (Å²) in [7, 11) is -5.46. The van der Waals surface area contributed by atoms with Gasteiger partial charge in [0, 0.05) is 5.56 Å². The van der Waals surface area contributed by atoms with E-state index in [1.165, 1.54) is 18.2 Å². The first kappa shape index (κ1) is 17.9. The van der Waals surface area contributed by atoms with Crippen molar-refractivity contribution in [3.63, 3.8) is 0 Å². The van der Waals surface area contributed by atoms with Crippen LogP contribution in [0.25, 0.3) is 11.4 Å². The van der Waals surface area contributed by atoms with E-state index in [1.54, 1.807) is 0 Å². The molecule has 0 saturated carbocycles. The van der Waals surface area contributed by atoms with Gasteiger partial charge in [0.2, 0.25) is 0 Å². The van der Waals surface area contributed by atoms with Gasteiger partial charge in [0.05, 0.1) is 17.1 Å². The summed E-state index contributed by atoms with van der Waals surface area (Å²) in [4.78, 5) is 3.40. The van der Waals surface area contributed by atoms with Crippen molar-refractivity contribution in [1.82, 2.24) is 15.2 Å². The van der Waals surface area contributed by atoms with Crippen molar-refractivity contribution in [2.75, 3.05) is 5.32 Å². The first-order chi connectivity index (χ1) is 12.3. The number of H-pyrrole nitrogens is 1. The average molecular weight is 382 g/mol. The number of halogens is 3. The van der Waals surface area contributed by atoms with Gasteiger partial charge in [-0.3, -0.25) is 5.10 Å². The van der Waals surface area contributed by atoms with Gasteiger partial charge in [-0.1, -0.05) is 42.5 Å². The number of hydrogen-bond donors (Lipinski definition) is 2. The zero-order chi connectivity index (χ0) is 18.8. The second kappa shape index (κ2) is 6.79. The van der Waals surface area contributed by atoms with Crippen LogP contribution in [-0.4, -0.2) is 29.1 Å². The van der Waals surface area contributed by atoms with E-state index in [0.29, 0.717) is 11.6 Å². The molecule has 0 aliphatic rings. The van der Waals surface area contributed by atoms with E-state index in [-0.39, 0.29) is 12.2 Å². The molecule has 0 aliphatic carbocycles.